The molecule has 0 bridgehead atoms. The van der Waals surface area contributed by atoms with Gasteiger partial charge in [-0.2, -0.15) is 0 Å². The van der Waals surface area contributed by atoms with E-state index in [-0.39, 0.29) is 17.5 Å². The number of benzene rings is 2. The number of anilines is 1. The zero-order valence-corrected chi connectivity index (χ0v) is 23.8. The third-order valence-electron chi connectivity index (χ3n) is 7.01. The number of amides is 1. The smallest absolute Gasteiger partial charge is 0.326 e. The fourth-order valence-corrected chi connectivity index (χ4v) is 4.55. The number of nitrogens with zero attached hydrogens (tertiary/aromatic N) is 2. The second-order valence-electron chi connectivity index (χ2n) is 10.3. The average molecular weight is 596 g/mol. The highest BCUT2D eigenvalue weighted by Gasteiger charge is 2.36. The largest absolute Gasteiger partial charge is 0.481 e. The molecule has 1 unspecified atom stereocenters. The lowest BCUT2D eigenvalue weighted by Gasteiger charge is -2.22. The molecular formula is C29H33N5O9. The minimum absolute atomic E-state index is 0.0922. The number of aromatic nitrogens is 2. The molecule has 0 radical (unpaired) electrons. The number of carboxylic acid groups (broad SMARTS) is 3. The molecule has 3 atom stereocenters. The van der Waals surface area contributed by atoms with Gasteiger partial charge >= 0.3 is 17.9 Å². The van der Waals surface area contributed by atoms with Crippen molar-refractivity contribution < 1.29 is 39.3 Å². The Balaban J connectivity index is 1.70. The van der Waals surface area contributed by atoms with Crippen LogP contribution in [0, 0.1) is 19.8 Å². The Morgan fingerprint density at radius 1 is 1.02 bits per heavy atom. The van der Waals surface area contributed by atoms with Gasteiger partial charge in [-0.1, -0.05) is 0 Å². The molecule has 0 fully saturated rings. The van der Waals surface area contributed by atoms with Gasteiger partial charge in [0, 0.05) is 31.3 Å². The highest BCUT2D eigenvalue weighted by atomic mass is 16.4. The molecule has 1 heterocycles. The van der Waals surface area contributed by atoms with E-state index in [1.807, 2.05) is 24.9 Å². The number of aromatic amines is 1. The monoisotopic (exact) mass is 595 g/mol. The Hall–Kier alpha value is -5.11. The first-order valence-electron chi connectivity index (χ1n) is 13.3. The molecule has 0 saturated carbocycles. The number of fused-ring (bicyclic) bond motifs is 1. The molecule has 1 aromatic heterocycles. The molecule has 3 aromatic rings. The Labute approximate surface area is 245 Å². The van der Waals surface area contributed by atoms with E-state index in [1.54, 1.807) is 25.1 Å². The van der Waals surface area contributed by atoms with Crippen LogP contribution in [0.15, 0.2) is 41.2 Å². The normalized spacial score (nSPS) is 13.1. The van der Waals surface area contributed by atoms with Crippen LogP contribution < -0.4 is 21.5 Å². The van der Waals surface area contributed by atoms with E-state index in [1.165, 1.54) is 12.1 Å². The maximum absolute atomic E-state index is 12.8. The fourth-order valence-electron chi connectivity index (χ4n) is 4.55. The van der Waals surface area contributed by atoms with E-state index in [4.69, 9.17) is 10.8 Å². The highest BCUT2D eigenvalue weighted by Crippen LogP contribution is 2.21. The van der Waals surface area contributed by atoms with Crippen LogP contribution in [0.1, 0.15) is 46.6 Å². The molecule has 7 N–H and O–H groups in total. The molecule has 0 spiro atoms. The van der Waals surface area contributed by atoms with E-state index < -0.39 is 60.4 Å². The summed E-state index contributed by atoms with van der Waals surface area (Å²) in [4.78, 5) is 81.0. The van der Waals surface area contributed by atoms with Gasteiger partial charge in [-0.15, -0.1) is 0 Å². The van der Waals surface area contributed by atoms with E-state index in [2.05, 4.69) is 15.3 Å². The van der Waals surface area contributed by atoms with Crippen molar-refractivity contribution in [2.75, 3.05) is 11.9 Å². The number of aliphatic carboxylic acids is 3. The molecule has 0 saturated heterocycles. The van der Waals surface area contributed by atoms with E-state index in [0.29, 0.717) is 29.0 Å². The number of nitrogens with two attached hydrogens (primary N) is 1. The van der Waals surface area contributed by atoms with Gasteiger partial charge < -0.3 is 36.3 Å². The zero-order valence-electron chi connectivity index (χ0n) is 23.8. The van der Waals surface area contributed by atoms with Crippen LogP contribution in [0.5, 0.6) is 0 Å². The van der Waals surface area contributed by atoms with Crippen LogP contribution in [-0.4, -0.2) is 74.0 Å². The first-order chi connectivity index (χ1) is 20.2. The number of hydrogen-bond donors (Lipinski definition) is 6. The number of H-pyrrole nitrogens is 1. The lowest BCUT2D eigenvalue weighted by Crippen LogP contribution is -2.47. The number of hydrogen-bond acceptors (Lipinski definition) is 9. The minimum Gasteiger partial charge on any atom is -0.481 e. The molecule has 2 aromatic carbocycles. The molecule has 228 valence electrons. The Bertz CT molecular complexity index is 1620. The maximum atomic E-state index is 12.8. The third kappa shape index (κ3) is 8.23. The van der Waals surface area contributed by atoms with Gasteiger partial charge in [0.2, 0.25) is 0 Å². The van der Waals surface area contributed by atoms with E-state index in [9.17, 15) is 39.0 Å². The van der Waals surface area contributed by atoms with Crippen LogP contribution in [-0.2, 0) is 25.7 Å². The molecule has 1 amide bonds. The van der Waals surface area contributed by atoms with Crippen molar-refractivity contribution in [2.45, 2.75) is 51.7 Å². The van der Waals surface area contributed by atoms with Crippen molar-refractivity contribution in [1.29, 1.82) is 0 Å². The number of carbonyl (C=O) groups excluding carboxylic acids is 2. The lowest BCUT2D eigenvalue weighted by molar-refractivity contribution is -0.148. The standard InChI is InChI=1S/C29H33N5O9/c1-14-10-22-19(27(39)32-15(2)31-22)11-17(14)13-34(3)18-6-4-16(5-7-18)26(38)33-23(29(42)43)12-20(28(40)41)25(37)21(30)8-9-24(35)36/h4-7,10-11,20-21,23H,8-9,12-13,30H2,1-3H3,(H,33,38)(H,35,36)(H,40,41)(H,42,43)(H,31,32,39)/t20?,21-,23-/m1/s1. The maximum Gasteiger partial charge on any atom is 0.326 e. The summed E-state index contributed by atoms with van der Waals surface area (Å²) >= 11 is 0. The van der Waals surface area contributed by atoms with Crippen molar-refractivity contribution in [3.8, 4) is 0 Å². The van der Waals surface area contributed by atoms with Gasteiger partial charge in [0.25, 0.3) is 11.5 Å². The minimum atomic E-state index is -1.87. The summed E-state index contributed by atoms with van der Waals surface area (Å²) in [5, 5.41) is 30.6. The number of nitrogens with one attached hydrogen (secondary N) is 2. The number of rotatable bonds is 14. The first kappa shape index (κ1) is 32.4. The van der Waals surface area contributed by atoms with Crippen molar-refractivity contribution in [3.63, 3.8) is 0 Å². The third-order valence-corrected chi connectivity index (χ3v) is 7.01. The van der Waals surface area contributed by atoms with Gasteiger partial charge in [-0.05, 0) is 74.2 Å². The summed E-state index contributed by atoms with van der Waals surface area (Å²) in [6.07, 6.45) is -1.57. The van der Waals surface area contributed by atoms with Crippen molar-refractivity contribution in [1.82, 2.24) is 15.3 Å². The number of aryl methyl sites for hydroxylation is 2. The molecule has 0 aliphatic rings. The van der Waals surface area contributed by atoms with Crippen molar-refractivity contribution in [3.05, 3.63) is 69.3 Å². The predicted octanol–water partition coefficient (Wildman–Crippen LogP) is 1.21. The fraction of sp³-hybridized carbons (Fsp3) is 0.345. The summed E-state index contributed by atoms with van der Waals surface area (Å²) in [5.41, 5.74) is 8.65. The number of carboxylic acids is 3. The number of Topliss-reactive ketones (excluding diaryl/α,β-unsaturated/α-hetero) is 1. The van der Waals surface area contributed by atoms with Gasteiger partial charge in [-0.25, -0.2) is 9.78 Å². The summed E-state index contributed by atoms with van der Waals surface area (Å²) in [7, 11) is 1.82. The van der Waals surface area contributed by atoms with Gasteiger partial charge in [0.05, 0.1) is 16.9 Å². The van der Waals surface area contributed by atoms with Gasteiger partial charge in [0.1, 0.15) is 17.8 Å². The molecular weight excluding hydrogens is 562 g/mol. The number of carbonyl (C=O) groups is 5. The van der Waals surface area contributed by atoms with Crippen LogP contribution in [0.25, 0.3) is 10.9 Å². The molecule has 0 aliphatic carbocycles. The Kier molecular flexibility index (Phi) is 10.3. The molecule has 3 rings (SSSR count). The molecule has 14 heteroatoms. The van der Waals surface area contributed by atoms with Gasteiger partial charge in [0.15, 0.2) is 5.78 Å². The quantitative estimate of drug-likeness (QED) is 0.144. The second-order valence-corrected chi connectivity index (χ2v) is 10.3. The van der Waals surface area contributed by atoms with Crippen molar-refractivity contribution >= 4 is 46.2 Å². The lowest BCUT2D eigenvalue weighted by atomic mass is 9.90. The highest BCUT2D eigenvalue weighted by molar-refractivity contribution is 6.02. The van der Waals surface area contributed by atoms with Crippen LogP contribution in [0.4, 0.5) is 5.69 Å². The van der Waals surface area contributed by atoms with Gasteiger partial charge in [-0.3, -0.25) is 24.0 Å². The Morgan fingerprint density at radius 3 is 2.26 bits per heavy atom. The SMILES string of the molecule is Cc1nc2cc(C)c(CN(C)c3ccc(C(=O)N[C@H](CC(C(=O)O)C(=O)[C@H](N)CCC(=O)O)C(=O)O)cc3)cc2c(=O)[nH]1. The topological polar surface area (TPSA) is 233 Å². The summed E-state index contributed by atoms with van der Waals surface area (Å²) < 4.78 is 0. The molecule has 14 nitrogen and oxygen atoms in total. The van der Waals surface area contributed by atoms with Crippen LogP contribution in [0.2, 0.25) is 0 Å². The number of ketones is 1. The van der Waals surface area contributed by atoms with Crippen LogP contribution in [0.3, 0.4) is 0 Å². The first-order valence-corrected chi connectivity index (χ1v) is 13.3. The summed E-state index contributed by atoms with van der Waals surface area (Å²) in [6.45, 7) is 4.06. The predicted molar refractivity (Wildman–Crippen MR) is 155 cm³/mol. The zero-order chi connectivity index (χ0) is 32.0. The Morgan fingerprint density at radius 2 is 1.67 bits per heavy atom. The summed E-state index contributed by atoms with van der Waals surface area (Å²) in [6, 6.07) is 6.69. The van der Waals surface area contributed by atoms with Crippen LogP contribution >= 0.6 is 0 Å². The molecule has 43 heavy (non-hydrogen) atoms. The van der Waals surface area contributed by atoms with Crippen molar-refractivity contribution in [2.24, 2.45) is 11.7 Å². The molecule has 0 aliphatic heterocycles. The van der Waals surface area contributed by atoms with E-state index in [0.717, 1.165) is 11.1 Å². The van der Waals surface area contributed by atoms with E-state index >= 15 is 0 Å². The average Bonchev–Trinajstić information content (AvgIpc) is 2.93. The summed E-state index contributed by atoms with van der Waals surface area (Å²) in [5.74, 6) is -7.60. The second kappa shape index (κ2) is 13.7.